The number of esters is 1. The number of hydrogen-bond donors (Lipinski definition) is 0. The molecule has 0 radical (unpaired) electrons. The molecule has 0 bridgehead atoms. The molecule has 0 spiro atoms. The third-order valence-electron chi connectivity index (χ3n) is 4.55. The molecule has 3 rings (SSSR count). The van der Waals surface area contributed by atoms with Gasteiger partial charge in [-0.05, 0) is 57.2 Å². The zero-order valence-corrected chi connectivity index (χ0v) is 19.2. The van der Waals surface area contributed by atoms with Gasteiger partial charge in [0, 0.05) is 0 Å². The Hall–Kier alpha value is -1.96. The van der Waals surface area contributed by atoms with Crippen molar-refractivity contribution >= 4 is 29.1 Å². The van der Waals surface area contributed by atoms with E-state index in [1.54, 1.807) is 0 Å². The Morgan fingerprint density at radius 3 is 1.64 bits per heavy atom. The number of ether oxygens (including phenoxy) is 1. The zero-order valence-electron chi connectivity index (χ0n) is 16.7. The lowest BCUT2D eigenvalue weighted by molar-refractivity contribution is -0.000177. The fourth-order valence-electron chi connectivity index (χ4n) is 3.25. The van der Waals surface area contributed by atoms with Gasteiger partial charge in [-0.1, -0.05) is 48.5 Å². The largest absolute Gasteiger partial charge is 1.00 e. The molecule has 146 valence electrons. The van der Waals surface area contributed by atoms with Crippen LogP contribution in [0.5, 0.6) is 0 Å². The van der Waals surface area contributed by atoms with E-state index in [0.717, 1.165) is 5.30 Å². The Labute approximate surface area is 179 Å². The second-order valence-corrected chi connectivity index (χ2v) is 11.2. The number of rotatable bonds is 4. The van der Waals surface area contributed by atoms with Crippen LogP contribution in [0.15, 0.2) is 84.9 Å². The van der Waals surface area contributed by atoms with Crippen molar-refractivity contribution in [3.8, 4) is 0 Å². The topological polar surface area (TPSA) is 26.3 Å². The monoisotopic (exact) mass is 456 g/mol. The average Bonchev–Trinajstić information content (AvgIpc) is 2.67. The molecule has 0 aliphatic rings. The summed E-state index contributed by atoms with van der Waals surface area (Å²) in [6.07, 6.45) is 0. The van der Waals surface area contributed by atoms with E-state index in [1.165, 1.54) is 10.6 Å². The van der Waals surface area contributed by atoms with Gasteiger partial charge in [-0.2, -0.15) is 0 Å². The molecule has 0 saturated heterocycles. The van der Waals surface area contributed by atoms with Gasteiger partial charge in [-0.3, -0.25) is 0 Å². The summed E-state index contributed by atoms with van der Waals surface area (Å²) >= 11 is 0. The van der Waals surface area contributed by atoms with Crippen molar-refractivity contribution in [3.63, 3.8) is 0 Å². The molecule has 2 nitrogen and oxygen atoms in total. The molecule has 0 aliphatic heterocycles. The minimum atomic E-state index is -1.98. The zero-order chi connectivity index (χ0) is 19.5. The molecule has 0 saturated carbocycles. The van der Waals surface area contributed by atoms with E-state index in [4.69, 9.17) is 4.74 Å². The third-order valence-corrected chi connectivity index (χ3v) is 8.57. The summed E-state index contributed by atoms with van der Waals surface area (Å²) in [7, 11) is -1.98. The molecule has 0 amide bonds. The van der Waals surface area contributed by atoms with Crippen LogP contribution in [0.1, 0.15) is 31.1 Å². The summed E-state index contributed by atoms with van der Waals surface area (Å²) < 4.78 is 5.71. The van der Waals surface area contributed by atoms with Crippen LogP contribution < -0.4 is 32.9 Å². The highest BCUT2D eigenvalue weighted by molar-refractivity contribution is 7.95. The molecule has 0 aliphatic carbocycles. The highest BCUT2D eigenvalue weighted by Crippen LogP contribution is 2.52. The molecule has 3 aromatic rings. The van der Waals surface area contributed by atoms with Crippen molar-refractivity contribution in [2.75, 3.05) is 6.66 Å². The first-order valence-electron chi connectivity index (χ1n) is 9.13. The van der Waals surface area contributed by atoms with Crippen molar-refractivity contribution in [3.05, 3.63) is 90.5 Å². The number of hydrogen-bond acceptors (Lipinski definition) is 2. The van der Waals surface area contributed by atoms with Gasteiger partial charge >= 0.3 is 5.97 Å². The van der Waals surface area contributed by atoms with Crippen LogP contribution in [-0.4, -0.2) is 18.2 Å². The van der Waals surface area contributed by atoms with Gasteiger partial charge in [0.2, 0.25) is 0 Å². The molecule has 0 N–H and O–H groups in total. The smallest absolute Gasteiger partial charge is 0.342 e. The SMILES string of the molecule is CC(C)(C)OC(=O)c1ccccc1[P+](C)(c1ccccc1)c1ccccc1.[Br-]. The van der Waals surface area contributed by atoms with E-state index >= 15 is 0 Å². The van der Waals surface area contributed by atoms with Crippen LogP contribution in [-0.2, 0) is 4.74 Å². The molecular weight excluding hydrogens is 431 g/mol. The minimum Gasteiger partial charge on any atom is -1.00 e. The van der Waals surface area contributed by atoms with Gasteiger partial charge < -0.3 is 21.7 Å². The summed E-state index contributed by atoms with van der Waals surface area (Å²) in [6.45, 7) is 7.98. The van der Waals surface area contributed by atoms with Crippen molar-refractivity contribution in [1.29, 1.82) is 0 Å². The normalized spacial score (nSPS) is 11.4. The maximum absolute atomic E-state index is 13.0. The molecule has 0 heterocycles. The van der Waals surface area contributed by atoms with Crippen molar-refractivity contribution in [1.82, 2.24) is 0 Å². The molecule has 0 unspecified atom stereocenters. The van der Waals surface area contributed by atoms with E-state index in [2.05, 4.69) is 61.3 Å². The first-order valence-corrected chi connectivity index (χ1v) is 11.4. The van der Waals surface area contributed by atoms with Gasteiger partial charge in [0.15, 0.2) is 0 Å². The Morgan fingerprint density at radius 1 is 0.750 bits per heavy atom. The maximum atomic E-state index is 13.0. The molecule has 0 atom stereocenters. The molecule has 0 aromatic heterocycles. The number of halogens is 1. The number of carbonyl (C=O) groups is 1. The predicted molar refractivity (Wildman–Crippen MR) is 116 cm³/mol. The minimum absolute atomic E-state index is 0. The summed E-state index contributed by atoms with van der Waals surface area (Å²) in [6, 6.07) is 28.8. The molecule has 4 heteroatoms. The first-order chi connectivity index (χ1) is 12.8. The fraction of sp³-hybridized carbons (Fsp3) is 0.208. The van der Waals surface area contributed by atoms with Gasteiger partial charge in [0.25, 0.3) is 0 Å². The lowest BCUT2D eigenvalue weighted by Crippen LogP contribution is -3.00. The lowest BCUT2D eigenvalue weighted by atomic mass is 10.1. The van der Waals surface area contributed by atoms with E-state index in [-0.39, 0.29) is 23.0 Å². The maximum Gasteiger partial charge on any atom is 0.342 e. The van der Waals surface area contributed by atoms with Crippen LogP contribution in [0.4, 0.5) is 0 Å². The predicted octanol–water partition coefficient (Wildman–Crippen LogP) is 1.57. The van der Waals surface area contributed by atoms with Crippen LogP contribution in [0, 0.1) is 0 Å². The second-order valence-electron chi connectivity index (χ2n) is 7.70. The average molecular weight is 457 g/mol. The van der Waals surface area contributed by atoms with Crippen molar-refractivity contribution in [2.24, 2.45) is 0 Å². The molecule has 28 heavy (non-hydrogen) atoms. The first kappa shape index (κ1) is 22.3. The van der Waals surface area contributed by atoms with E-state index in [0.29, 0.717) is 5.56 Å². The number of benzene rings is 3. The van der Waals surface area contributed by atoms with Crippen LogP contribution in [0.3, 0.4) is 0 Å². The van der Waals surface area contributed by atoms with Crippen LogP contribution in [0.2, 0.25) is 0 Å². The highest BCUT2D eigenvalue weighted by atomic mass is 79.9. The summed E-state index contributed by atoms with van der Waals surface area (Å²) in [4.78, 5) is 13.0. The van der Waals surface area contributed by atoms with Crippen LogP contribution in [0.25, 0.3) is 0 Å². The van der Waals surface area contributed by atoms with E-state index < -0.39 is 12.9 Å². The Kier molecular flexibility index (Phi) is 7.20. The third kappa shape index (κ3) is 4.71. The van der Waals surface area contributed by atoms with Gasteiger partial charge in [0.05, 0.1) is 6.66 Å². The highest BCUT2D eigenvalue weighted by Gasteiger charge is 2.43. The molecular formula is C24H26BrO2P. The van der Waals surface area contributed by atoms with Crippen molar-refractivity contribution < 1.29 is 26.5 Å². The van der Waals surface area contributed by atoms with Crippen LogP contribution >= 0.6 is 7.26 Å². The molecule has 3 aromatic carbocycles. The van der Waals surface area contributed by atoms with Gasteiger partial charge in [-0.25, -0.2) is 4.79 Å². The second kappa shape index (κ2) is 9.03. The lowest BCUT2D eigenvalue weighted by Gasteiger charge is -2.26. The Balaban J connectivity index is 0.00000280. The van der Waals surface area contributed by atoms with E-state index in [9.17, 15) is 4.79 Å². The van der Waals surface area contributed by atoms with Gasteiger partial charge in [-0.15, -0.1) is 0 Å². The number of carbonyl (C=O) groups excluding carboxylic acids is 1. The summed E-state index contributed by atoms with van der Waals surface area (Å²) in [5, 5.41) is 3.54. The van der Waals surface area contributed by atoms with Crippen molar-refractivity contribution in [2.45, 2.75) is 26.4 Å². The summed E-state index contributed by atoms with van der Waals surface area (Å²) in [5.41, 5.74) is 0.120. The van der Waals surface area contributed by atoms with Gasteiger partial charge in [0.1, 0.15) is 34.3 Å². The molecule has 0 fully saturated rings. The fourth-order valence-corrected chi connectivity index (χ4v) is 6.67. The quantitative estimate of drug-likeness (QED) is 0.440. The summed E-state index contributed by atoms with van der Waals surface area (Å²) in [5.74, 6) is -0.267. The van der Waals surface area contributed by atoms with E-state index in [1.807, 2.05) is 51.1 Å². The standard InChI is InChI=1S/C24H26O2P.BrH/c1-24(2,3)26-23(25)21-17-11-12-18-22(21)27(4,19-13-7-5-8-14-19)20-15-9-6-10-16-20;/h5-18H,1-4H3;1H/q+1;/p-1. The Bertz CT molecular complexity index is 879. The Morgan fingerprint density at radius 2 is 1.18 bits per heavy atom.